The number of aliphatic hydroxyl groups excluding tert-OH is 1. The van der Waals surface area contributed by atoms with E-state index in [1.54, 1.807) is 28.8 Å². The van der Waals surface area contributed by atoms with Crippen molar-refractivity contribution in [3.05, 3.63) is 89.8 Å². The molecular weight excluding hydrogens is 491 g/mol. The van der Waals surface area contributed by atoms with Crippen molar-refractivity contribution < 1.29 is 9.84 Å². The first kappa shape index (κ1) is 23.4. The Morgan fingerprint density at radius 2 is 1.82 bits per heavy atom. The lowest BCUT2D eigenvalue weighted by Crippen LogP contribution is -2.29. The number of nitrogens with zero attached hydrogens (tertiary/aromatic N) is 3. The van der Waals surface area contributed by atoms with Crippen LogP contribution in [0.5, 0.6) is 5.75 Å². The number of rotatable bonds is 7. The van der Waals surface area contributed by atoms with E-state index in [-0.39, 0.29) is 24.0 Å². The van der Waals surface area contributed by atoms with Gasteiger partial charge >= 0.3 is 5.69 Å². The summed E-state index contributed by atoms with van der Waals surface area (Å²) < 4.78 is 8.53. The molecule has 0 unspecified atom stereocenters. The minimum absolute atomic E-state index is 0.177. The Labute approximate surface area is 202 Å². The summed E-state index contributed by atoms with van der Waals surface area (Å²) in [6, 6.07) is 11.9. The van der Waals surface area contributed by atoms with Crippen LogP contribution in [0.4, 0.5) is 0 Å². The van der Waals surface area contributed by atoms with Crippen molar-refractivity contribution in [2.75, 3.05) is 0 Å². The molecular formula is C22H19Cl3N4O4. The molecule has 11 heteroatoms. The van der Waals surface area contributed by atoms with Gasteiger partial charge in [0, 0.05) is 37.5 Å². The van der Waals surface area contributed by atoms with E-state index in [1.807, 2.05) is 12.1 Å². The molecule has 0 saturated heterocycles. The van der Waals surface area contributed by atoms with Gasteiger partial charge in [0.05, 0.1) is 10.0 Å². The molecule has 4 rings (SSSR count). The molecule has 33 heavy (non-hydrogen) atoms. The molecule has 0 radical (unpaired) electrons. The van der Waals surface area contributed by atoms with Crippen molar-refractivity contribution >= 4 is 46.0 Å². The van der Waals surface area contributed by atoms with E-state index in [1.165, 1.54) is 17.7 Å². The summed E-state index contributed by atoms with van der Waals surface area (Å²) >= 11 is 17.9. The van der Waals surface area contributed by atoms with Crippen molar-refractivity contribution in [3.63, 3.8) is 0 Å². The predicted molar refractivity (Wildman–Crippen MR) is 128 cm³/mol. The number of fused-ring (bicyclic) bond motifs is 1. The number of benzene rings is 2. The van der Waals surface area contributed by atoms with Crippen molar-refractivity contribution in [1.29, 1.82) is 0 Å². The highest BCUT2D eigenvalue weighted by Gasteiger charge is 2.19. The topological polar surface area (TPSA) is 102 Å². The third kappa shape index (κ3) is 5.09. The number of aryl methyl sites for hydroxylation is 2. The highest BCUT2D eigenvalue weighted by atomic mass is 35.5. The first-order chi connectivity index (χ1) is 15.7. The van der Waals surface area contributed by atoms with Crippen LogP contribution in [0.15, 0.2) is 52.1 Å². The summed E-state index contributed by atoms with van der Waals surface area (Å²) in [5.41, 5.74) is 0.321. The zero-order chi connectivity index (χ0) is 23.7. The van der Waals surface area contributed by atoms with E-state index >= 15 is 0 Å². The highest BCUT2D eigenvalue weighted by molar-refractivity contribution is 6.42. The van der Waals surface area contributed by atoms with Crippen LogP contribution >= 0.6 is 34.8 Å². The van der Waals surface area contributed by atoms with Crippen molar-refractivity contribution in [2.24, 2.45) is 7.05 Å². The summed E-state index contributed by atoms with van der Waals surface area (Å²) in [6.45, 7) is 0.327. The van der Waals surface area contributed by atoms with Gasteiger partial charge in [0.15, 0.2) is 17.5 Å². The summed E-state index contributed by atoms with van der Waals surface area (Å²) in [4.78, 5) is 31.5. The van der Waals surface area contributed by atoms with Gasteiger partial charge in [-0.1, -0.05) is 46.9 Å². The fraction of sp³-hybridized carbons (Fsp3) is 0.227. The van der Waals surface area contributed by atoms with Crippen LogP contribution in [-0.4, -0.2) is 30.5 Å². The monoisotopic (exact) mass is 508 g/mol. The van der Waals surface area contributed by atoms with Crippen LogP contribution in [0.2, 0.25) is 15.1 Å². The maximum absolute atomic E-state index is 12.6. The molecule has 0 saturated carbocycles. The van der Waals surface area contributed by atoms with Crippen LogP contribution in [0.3, 0.4) is 0 Å². The molecule has 0 aliphatic carbocycles. The molecule has 4 aromatic rings. The van der Waals surface area contributed by atoms with Gasteiger partial charge in [-0.15, -0.1) is 0 Å². The maximum Gasteiger partial charge on any atom is 0.329 e. The molecule has 1 atom stereocenters. The number of nitrogens with one attached hydrogen (secondary N) is 1. The second-order valence-corrected chi connectivity index (χ2v) is 8.67. The summed E-state index contributed by atoms with van der Waals surface area (Å²) in [6.07, 6.45) is -0.706. The Morgan fingerprint density at radius 3 is 2.52 bits per heavy atom. The van der Waals surface area contributed by atoms with Gasteiger partial charge in [-0.05, 0) is 29.8 Å². The lowest BCUT2D eigenvalue weighted by Gasteiger charge is -2.14. The largest absolute Gasteiger partial charge is 0.465 e. The van der Waals surface area contributed by atoms with Gasteiger partial charge in [-0.25, -0.2) is 9.78 Å². The second kappa shape index (κ2) is 9.61. The van der Waals surface area contributed by atoms with Crippen LogP contribution in [-0.2, 0) is 20.0 Å². The van der Waals surface area contributed by atoms with Crippen LogP contribution in [0.25, 0.3) is 11.2 Å². The molecule has 2 N–H and O–H groups in total. The average Bonchev–Trinajstić information content (AvgIpc) is 3.14. The van der Waals surface area contributed by atoms with Crippen LogP contribution in [0, 0.1) is 0 Å². The molecule has 0 aliphatic heterocycles. The fourth-order valence-corrected chi connectivity index (χ4v) is 3.85. The number of halogens is 3. The van der Waals surface area contributed by atoms with Gasteiger partial charge < -0.3 is 14.4 Å². The molecule has 0 fully saturated rings. The second-order valence-electron chi connectivity index (χ2n) is 7.42. The molecule has 0 spiro atoms. The number of aromatic nitrogens is 4. The Hall–Kier alpha value is -2.78. The number of hydrogen-bond donors (Lipinski definition) is 2. The SMILES string of the molecule is Cn1c(=O)[nH]c(=O)c2c1nc(CC[C@@H](O)Oc1ccc(Cl)c(Cl)c1)n2Cc1ccc(Cl)cc1. The molecule has 0 amide bonds. The van der Waals surface area contributed by atoms with E-state index in [0.29, 0.717) is 33.2 Å². The molecule has 2 aromatic carbocycles. The number of aromatic amines is 1. The minimum atomic E-state index is -1.16. The standard InChI is InChI=1S/C22H19Cl3N4O4/c1-28-20-19(21(31)27-22(28)32)29(11-12-2-4-13(23)5-3-12)17(26-20)8-9-18(30)33-14-6-7-15(24)16(25)10-14/h2-7,10,18,30H,8-9,11H2,1H3,(H,27,31,32)/t18-/m0/s1. The van der Waals surface area contributed by atoms with Gasteiger partial charge in [-0.2, -0.15) is 0 Å². The molecule has 0 bridgehead atoms. The number of ether oxygens (including phenoxy) is 1. The van der Waals surface area contributed by atoms with E-state index in [0.717, 1.165) is 5.56 Å². The third-order valence-corrected chi connectivity index (χ3v) is 6.11. The fourth-order valence-electron chi connectivity index (χ4n) is 3.43. The van der Waals surface area contributed by atoms with Gasteiger partial charge in [0.1, 0.15) is 11.6 Å². The lowest BCUT2D eigenvalue weighted by atomic mass is 10.2. The van der Waals surface area contributed by atoms with E-state index in [2.05, 4.69) is 9.97 Å². The summed E-state index contributed by atoms with van der Waals surface area (Å²) in [7, 11) is 1.53. The first-order valence-electron chi connectivity index (χ1n) is 9.95. The number of aliphatic hydroxyl groups is 1. The van der Waals surface area contributed by atoms with E-state index < -0.39 is 17.5 Å². The number of hydrogen-bond acceptors (Lipinski definition) is 5. The predicted octanol–water partition coefficient (Wildman–Crippen LogP) is 3.76. The van der Waals surface area contributed by atoms with Crippen molar-refractivity contribution in [3.8, 4) is 5.75 Å². The number of H-pyrrole nitrogens is 1. The van der Waals surface area contributed by atoms with Crippen LogP contribution < -0.4 is 16.0 Å². The molecule has 2 aromatic heterocycles. The normalized spacial score (nSPS) is 12.3. The highest BCUT2D eigenvalue weighted by Crippen LogP contribution is 2.27. The summed E-state index contributed by atoms with van der Waals surface area (Å²) in [5, 5.41) is 11.7. The van der Waals surface area contributed by atoms with E-state index in [9.17, 15) is 14.7 Å². The van der Waals surface area contributed by atoms with Gasteiger partial charge in [0.2, 0.25) is 0 Å². The smallest absolute Gasteiger partial charge is 0.329 e. The zero-order valence-electron chi connectivity index (χ0n) is 17.4. The Balaban J connectivity index is 1.64. The van der Waals surface area contributed by atoms with Crippen molar-refractivity contribution in [2.45, 2.75) is 25.7 Å². The Morgan fingerprint density at radius 1 is 1.09 bits per heavy atom. The molecule has 0 aliphatic rings. The first-order valence-corrected chi connectivity index (χ1v) is 11.1. The molecule has 2 heterocycles. The molecule has 8 nitrogen and oxygen atoms in total. The number of imidazole rings is 1. The Bertz CT molecular complexity index is 1430. The third-order valence-electron chi connectivity index (χ3n) is 5.12. The van der Waals surface area contributed by atoms with Gasteiger partial charge in [-0.3, -0.25) is 14.3 Å². The summed E-state index contributed by atoms with van der Waals surface area (Å²) in [5.74, 6) is 0.883. The quantitative estimate of drug-likeness (QED) is 0.369. The molecule has 172 valence electrons. The zero-order valence-corrected chi connectivity index (χ0v) is 19.7. The van der Waals surface area contributed by atoms with E-state index in [4.69, 9.17) is 39.5 Å². The lowest BCUT2D eigenvalue weighted by molar-refractivity contribution is -0.0230. The van der Waals surface area contributed by atoms with Crippen molar-refractivity contribution in [1.82, 2.24) is 19.1 Å². The minimum Gasteiger partial charge on any atom is -0.465 e. The maximum atomic E-state index is 12.6. The van der Waals surface area contributed by atoms with Crippen LogP contribution in [0.1, 0.15) is 17.8 Å². The average molecular weight is 510 g/mol. The van der Waals surface area contributed by atoms with Gasteiger partial charge in [0.25, 0.3) is 5.56 Å². The Kier molecular flexibility index (Phi) is 6.81.